The predicted molar refractivity (Wildman–Crippen MR) is 40.8 cm³/mol. The zero-order valence-electron chi connectivity index (χ0n) is 6.85. The number of fused-ring (bicyclic) bond motifs is 1. The lowest BCUT2D eigenvalue weighted by molar-refractivity contribution is -0.135. The zero-order valence-corrected chi connectivity index (χ0v) is 6.85. The van der Waals surface area contributed by atoms with Crippen LogP contribution in [0.4, 0.5) is 0 Å². The van der Waals surface area contributed by atoms with Gasteiger partial charge in [-0.3, -0.25) is 0 Å². The fourth-order valence-electron chi connectivity index (χ4n) is 3.75. The highest BCUT2D eigenvalue weighted by atomic mass is 15.2. The molecule has 4 rings (SSSR count). The van der Waals surface area contributed by atoms with Gasteiger partial charge in [-0.1, -0.05) is 6.92 Å². The van der Waals surface area contributed by atoms with Crippen LogP contribution in [-0.4, -0.2) is 24.5 Å². The summed E-state index contributed by atoms with van der Waals surface area (Å²) < 4.78 is 0. The van der Waals surface area contributed by atoms with Crippen LogP contribution in [0.3, 0.4) is 0 Å². The molecular weight excluding hydrogens is 122 g/mol. The second-order valence-corrected chi connectivity index (χ2v) is 4.83. The van der Waals surface area contributed by atoms with E-state index in [2.05, 4.69) is 18.9 Å². The van der Waals surface area contributed by atoms with E-state index in [4.69, 9.17) is 0 Å². The first-order valence-corrected chi connectivity index (χ1v) is 4.38. The molecule has 2 heterocycles. The van der Waals surface area contributed by atoms with Crippen molar-refractivity contribution in [2.75, 3.05) is 13.6 Å². The smallest absolute Gasteiger partial charge is 0.0158 e. The molecule has 0 aromatic heterocycles. The van der Waals surface area contributed by atoms with Gasteiger partial charge < -0.3 is 4.90 Å². The quantitative estimate of drug-likeness (QED) is 0.489. The number of hydrogen-bond donors (Lipinski definition) is 0. The summed E-state index contributed by atoms with van der Waals surface area (Å²) in [5, 5.41) is 0. The fraction of sp³-hybridized carbons (Fsp3) is 1.00. The lowest BCUT2D eigenvalue weighted by Crippen LogP contribution is -2.62. The summed E-state index contributed by atoms with van der Waals surface area (Å²) in [4.78, 5) is 2.58. The maximum atomic E-state index is 2.58. The van der Waals surface area contributed by atoms with Gasteiger partial charge in [0.15, 0.2) is 0 Å². The second kappa shape index (κ2) is 1.18. The summed E-state index contributed by atoms with van der Waals surface area (Å²) in [7, 11) is 2.29. The molecule has 2 bridgehead atoms. The van der Waals surface area contributed by atoms with Crippen LogP contribution in [0.5, 0.6) is 0 Å². The highest BCUT2D eigenvalue weighted by Gasteiger charge is 2.74. The molecule has 2 aliphatic heterocycles. The molecule has 0 radical (unpaired) electrons. The molecule has 1 spiro atoms. The second-order valence-electron chi connectivity index (χ2n) is 4.83. The Morgan fingerprint density at radius 2 is 2.20 bits per heavy atom. The first kappa shape index (κ1) is 5.59. The van der Waals surface area contributed by atoms with Crippen molar-refractivity contribution in [1.29, 1.82) is 0 Å². The lowest BCUT2D eigenvalue weighted by atomic mass is 9.39. The van der Waals surface area contributed by atoms with Gasteiger partial charge in [-0.2, -0.15) is 0 Å². The van der Waals surface area contributed by atoms with Crippen LogP contribution in [-0.2, 0) is 0 Å². The van der Waals surface area contributed by atoms with Gasteiger partial charge in [0, 0.05) is 12.6 Å². The number of rotatable bonds is 0. The summed E-state index contributed by atoms with van der Waals surface area (Å²) in [5.41, 5.74) is 1.58. The topological polar surface area (TPSA) is 3.24 Å². The van der Waals surface area contributed by atoms with Gasteiger partial charge in [0.2, 0.25) is 0 Å². The van der Waals surface area contributed by atoms with Crippen molar-refractivity contribution in [3.63, 3.8) is 0 Å². The molecule has 2 saturated heterocycles. The third-order valence-corrected chi connectivity index (χ3v) is 4.74. The molecule has 1 unspecified atom stereocenters. The molecule has 0 N–H and O–H groups in total. The average molecular weight is 137 g/mol. The summed E-state index contributed by atoms with van der Waals surface area (Å²) in [6, 6.07) is 0.959. The minimum Gasteiger partial charge on any atom is -0.302 e. The molecule has 3 atom stereocenters. The van der Waals surface area contributed by atoms with Crippen LogP contribution in [0.2, 0.25) is 0 Å². The third-order valence-electron chi connectivity index (χ3n) is 4.74. The van der Waals surface area contributed by atoms with Gasteiger partial charge in [-0.25, -0.2) is 0 Å². The maximum absolute atomic E-state index is 2.58. The molecular formula is C9H15N. The van der Waals surface area contributed by atoms with Crippen molar-refractivity contribution in [3.8, 4) is 0 Å². The average Bonchev–Trinajstić information content (AvgIpc) is 2.33. The molecule has 2 saturated carbocycles. The van der Waals surface area contributed by atoms with E-state index in [-0.39, 0.29) is 0 Å². The standard InChI is InChI=1S/C9H15N/c1-8-3-4-9(8)5-7(8)10(2)6-9/h7H,3-6H2,1-2H3/t7-,8+,9?/m1/s1. The van der Waals surface area contributed by atoms with Gasteiger partial charge in [0.05, 0.1) is 0 Å². The SMILES string of the molecule is CN1CC23CC[C@@]2(C)[C@H]1C3. The highest BCUT2D eigenvalue weighted by molar-refractivity contribution is 5.26. The molecule has 2 aliphatic carbocycles. The van der Waals surface area contributed by atoms with Gasteiger partial charge in [-0.05, 0) is 37.1 Å². The molecule has 0 aromatic carbocycles. The maximum Gasteiger partial charge on any atom is 0.0158 e. The summed E-state index contributed by atoms with van der Waals surface area (Å²) in [6.07, 6.45) is 4.53. The Bertz CT molecular complexity index is 197. The molecule has 0 aromatic rings. The van der Waals surface area contributed by atoms with Gasteiger partial charge in [0.1, 0.15) is 0 Å². The van der Waals surface area contributed by atoms with Crippen LogP contribution >= 0.6 is 0 Å². The van der Waals surface area contributed by atoms with Crippen molar-refractivity contribution in [2.45, 2.75) is 32.2 Å². The first-order chi connectivity index (χ1) is 4.68. The zero-order chi connectivity index (χ0) is 6.98. The number of nitrogens with zero attached hydrogens (tertiary/aromatic N) is 1. The van der Waals surface area contributed by atoms with E-state index < -0.39 is 0 Å². The minimum absolute atomic E-state index is 0.766. The Morgan fingerprint density at radius 1 is 1.40 bits per heavy atom. The highest BCUT2D eigenvalue weighted by Crippen LogP contribution is 2.75. The van der Waals surface area contributed by atoms with E-state index in [1.807, 2.05) is 0 Å². The van der Waals surface area contributed by atoms with E-state index in [0.717, 1.165) is 16.9 Å². The van der Waals surface area contributed by atoms with Crippen LogP contribution in [0.1, 0.15) is 26.2 Å². The van der Waals surface area contributed by atoms with Crippen molar-refractivity contribution < 1.29 is 0 Å². The Kier molecular flexibility index (Phi) is 0.658. The number of hydrogen-bond acceptors (Lipinski definition) is 1. The van der Waals surface area contributed by atoms with E-state index in [9.17, 15) is 0 Å². The Hall–Kier alpha value is -0.0400. The van der Waals surface area contributed by atoms with Gasteiger partial charge >= 0.3 is 0 Å². The molecule has 56 valence electrons. The summed E-state index contributed by atoms with van der Waals surface area (Å²) in [5.74, 6) is 0. The molecule has 0 amide bonds. The van der Waals surface area contributed by atoms with Crippen LogP contribution in [0.15, 0.2) is 0 Å². The Labute approximate surface area is 62.4 Å². The largest absolute Gasteiger partial charge is 0.302 e. The van der Waals surface area contributed by atoms with Crippen molar-refractivity contribution in [3.05, 3.63) is 0 Å². The van der Waals surface area contributed by atoms with E-state index in [0.29, 0.717) is 0 Å². The van der Waals surface area contributed by atoms with Crippen molar-refractivity contribution in [1.82, 2.24) is 4.90 Å². The predicted octanol–water partition coefficient (Wildman–Crippen LogP) is 1.49. The monoisotopic (exact) mass is 137 g/mol. The van der Waals surface area contributed by atoms with Crippen molar-refractivity contribution in [2.24, 2.45) is 10.8 Å². The van der Waals surface area contributed by atoms with E-state index in [1.165, 1.54) is 25.8 Å². The summed E-state index contributed by atoms with van der Waals surface area (Å²) in [6.45, 7) is 3.89. The van der Waals surface area contributed by atoms with Crippen LogP contribution in [0, 0.1) is 10.8 Å². The summed E-state index contributed by atoms with van der Waals surface area (Å²) >= 11 is 0. The normalized spacial score (nSPS) is 64.8. The molecule has 4 aliphatic rings. The Balaban J connectivity index is 2.05. The third kappa shape index (κ3) is 0.298. The van der Waals surface area contributed by atoms with E-state index in [1.54, 1.807) is 0 Å². The molecule has 1 nitrogen and oxygen atoms in total. The van der Waals surface area contributed by atoms with Gasteiger partial charge in [-0.15, -0.1) is 0 Å². The first-order valence-electron chi connectivity index (χ1n) is 4.38. The van der Waals surface area contributed by atoms with E-state index >= 15 is 0 Å². The fourth-order valence-corrected chi connectivity index (χ4v) is 3.75. The van der Waals surface area contributed by atoms with Crippen molar-refractivity contribution >= 4 is 0 Å². The van der Waals surface area contributed by atoms with Crippen LogP contribution < -0.4 is 0 Å². The molecule has 10 heavy (non-hydrogen) atoms. The molecule has 1 heteroatoms. The van der Waals surface area contributed by atoms with Gasteiger partial charge in [0.25, 0.3) is 0 Å². The lowest BCUT2D eigenvalue weighted by Gasteiger charge is -2.65. The van der Waals surface area contributed by atoms with Crippen LogP contribution in [0.25, 0.3) is 0 Å². The Morgan fingerprint density at radius 3 is 2.40 bits per heavy atom. The molecule has 4 fully saturated rings. The minimum atomic E-state index is 0.766.